The predicted molar refractivity (Wildman–Crippen MR) is 61.1 cm³/mol. The molecule has 1 heterocycles. The molecule has 1 aromatic heterocycles. The fourth-order valence-corrected chi connectivity index (χ4v) is 0.973. The molecule has 0 saturated heterocycles. The quantitative estimate of drug-likeness (QED) is 0.728. The van der Waals surface area contributed by atoms with Gasteiger partial charge in [0, 0.05) is 0 Å². The maximum atomic E-state index is 5.42. The number of para-hydroxylation sites is 2. The third kappa shape index (κ3) is 2.76. The van der Waals surface area contributed by atoms with E-state index in [0.29, 0.717) is 5.95 Å². The number of rotatable bonds is 1. The zero-order valence-corrected chi connectivity index (χ0v) is 8.75. The van der Waals surface area contributed by atoms with Crippen molar-refractivity contribution in [1.82, 2.24) is 9.97 Å². The molecule has 0 saturated carbocycles. The van der Waals surface area contributed by atoms with Gasteiger partial charge in [-0.05, 0) is 12.1 Å². The van der Waals surface area contributed by atoms with Gasteiger partial charge in [-0.3, -0.25) is 0 Å². The molecule has 0 atom stereocenters. The van der Waals surface area contributed by atoms with Crippen molar-refractivity contribution in [3.63, 3.8) is 0 Å². The van der Waals surface area contributed by atoms with Crippen LogP contribution in [0.1, 0.15) is 26.7 Å². The van der Waals surface area contributed by atoms with Crippen LogP contribution in [0.4, 0.5) is 5.95 Å². The highest BCUT2D eigenvalue weighted by Crippen LogP contribution is 2.10. The minimum atomic E-state index is 0.473. The highest BCUT2D eigenvalue weighted by atomic mass is 15.0. The number of hydrogen-bond acceptors (Lipinski definition) is 2. The number of benzene rings is 1. The number of nitrogens with one attached hydrogen (secondary N) is 1. The Kier molecular flexibility index (Phi) is 3.98. The summed E-state index contributed by atoms with van der Waals surface area (Å²) in [5.74, 6) is 0.473. The number of fused-ring (bicyclic) bond motifs is 1. The van der Waals surface area contributed by atoms with E-state index in [1.807, 2.05) is 24.3 Å². The van der Waals surface area contributed by atoms with E-state index in [9.17, 15) is 0 Å². The number of anilines is 1. The molecule has 76 valence electrons. The monoisotopic (exact) mass is 191 g/mol. The first-order valence-electron chi connectivity index (χ1n) is 4.98. The van der Waals surface area contributed by atoms with E-state index in [4.69, 9.17) is 5.73 Å². The minimum absolute atomic E-state index is 0.473. The molecule has 0 aliphatic carbocycles. The van der Waals surface area contributed by atoms with E-state index in [-0.39, 0.29) is 0 Å². The van der Waals surface area contributed by atoms with Gasteiger partial charge in [-0.15, -0.1) is 0 Å². The second-order valence-corrected chi connectivity index (χ2v) is 3.14. The van der Waals surface area contributed by atoms with Crippen molar-refractivity contribution in [3.05, 3.63) is 24.3 Å². The molecular formula is C11H17N3. The zero-order valence-electron chi connectivity index (χ0n) is 8.75. The first-order valence-corrected chi connectivity index (χ1v) is 4.98. The standard InChI is InChI=1S/C7H7N3.C4H10/c8-7-9-5-3-1-2-4-6(5)10-7;1-3-4-2/h1-4H,(H3,8,9,10);3-4H2,1-2H3. The summed E-state index contributed by atoms with van der Waals surface area (Å²) in [6.07, 6.45) is 2.64. The Hall–Kier alpha value is -1.51. The van der Waals surface area contributed by atoms with E-state index in [1.165, 1.54) is 12.8 Å². The predicted octanol–water partition coefficient (Wildman–Crippen LogP) is 2.95. The summed E-state index contributed by atoms with van der Waals surface area (Å²) in [5, 5.41) is 0. The third-order valence-electron chi connectivity index (χ3n) is 1.91. The fourth-order valence-electron chi connectivity index (χ4n) is 0.973. The SMILES string of the molecule is CCCC.Nc1nc2ccccc2[nH]1. The lowest BCUT2D eigenvalue weighted by Crippen LogP contribution is -1.84. The lowest BCUT2D eigenvalue weighted by atomic mass is 10.3. The Balaban J connectivity index is 0.000000213. The number of nitrogens with zero attached hydrogens (tertiary/aromatic N) is 1. The van der Waals surface area contributed by atoms with E-state index in [2.05, 4.69) is 23.8 Å². The normalized spacial score (nSPS) is 9.57. The Morgan fingerprint density at radius 2 is 1.86 bits per heavy atom. The average Bonchev–Trinajstić information content (AvgIpc) is 2.58. The molecule has 3 N–H and O–H groups in total. The van der Waals surface area contributed by atoms with Crippen LogP contribution in [0.5, 0.6) is 0 Å². The number of aromatic amines is 1. The van der Waals surface area contributed by atoms with Gasteiger partial charge in [0.25, 0.3) is 0 Å². The number of hydrogen-bond donors (Lipinski definition) is 2. The summed E-state index contributed by atoms with van der Waals surface area (Å²) in [7, 11) is 0. The molecule has 2 aromatic rings. The lowest BCUT2D eigenvalue weighted by molar-refractivity contribution is 0.886. The smallest absolute Gasteiger partial charge is 0.198 e. The van der Waals surface area contributed by atoms with Crippen LogP contribution in [0.25, 0.3) is 11.0 Å². The molecular weight excluding hydrogens is 174 g/mol. The van der Waals surface area contributed by atoms with Crippen molar-refractivity contribution in [1.29, 1.82) is 0 Å². The van der Waals surface area contributed by atoms with Crippen LogP contribution >= 0.6 is 0 Å². The van der Waals surface area contributed by atoms with Crippen molar-refractivity contribution >= 4 is 17.0 Å². The molecule has 3 heteroatoms. The van der Waals surface area contributed by atoms with Gasteiger partial charge < -0.3 is 10.7 Å². The highest BCUT2D eigenvalue weighted by Gasteiger charge is 1.94. The average molecular weight is 191 g/mol. The summed E-state index contributed by atoms with van der Waals surface area (Å²) < 4.78 is 0. The summed E-state index contributed by atoms with van der Waals surface area (Å²) in [6.45, 7) is 4.36. The molecule has 0 amide bonds. The molecule has 2 rings (SSSR count). The number of unbranched alkanes of at least 4 members (excludes halogenated alkanes) is 1. The molecule has 0 aliphatic rings. The Morgan fingerprint density at radius 1 is 1.21 bits per heavy atom. The van der Waals surface area contributed by atoms with Gasteiger partial charge in [0.1, 0.15) is 0 Å². The molecule has 0 fully saturated rings. The zero-order chi connectivity index (χ0) is 10.4. The molecule has 0 unspecified atom stereocenters. The second kappa shape index (κ2) is 5.27. The van der Waals surface area contributed by atoms with Crippen molar-refractivity contribution < 1.29 is 0 Å². The topological polar surface area (TPSA) is 54.7 Å². The number of imidazole rings is 1. The van der Waals surface area contributed by atoms with Crippen molar-refractivity contribution in [2.45, 2.75) is 26.7 Å². The molecule has 0 radical (unpaired) electrons. The van der Waals surface area contributed by atoms with E-state index < -0.39 is 0 Å². The van der Waals surface area contributed by atoms with Gasteiger partial charge in [0.05, 0.1) is 11.0 Å². The van der Waals surface area contributed by atoms with Crippen LogP contribution in [0.3, 0.4) is 0 Å². The summed E-state index contributed by atoms with van der Waals surface area (Å²) in [6, 6.07) is 7.74. The third-order valence-corrected chi connectivity index (χ3v) is 1.91. The molecule has 3 nitrogen and oxygen atoms in total. The number of aromatic nitrogens is 2. The number of nitrogens with two attached hydrogens (primary N) is 1. The largest absolute Gasteiger partial charge is 0.369 e. The maximum Gasteiger partial charge on any atom is 0.198 e. The second-order valence-electron chi connectivity index (χ2n) is 3.14. The molecule has 0 bridgehead atoms. The number of H-pyrrole nitrogens is 1. The lowest BCUT2D eigenvalue weighted by Gasteiger charge is -1.81. The molecule has 14 heavy (non-hydrogen) atoms. The van der Waals surface area contributed by atoms with Crippen molar-refractivity contribution in [2.75, 3.05) is 5.73 Å². The first kappa shape index (κ1) is 10.6. The van der Waals surface area contributed by atoms with E-state index in [1.54, 1.807) is 0 Å². The van der Waals surface area contributed by atoms with Gasteiger partial charge >= 0.3 is 0 Å². The van der Waals surface area contributed by atoms with Crippen molar-refractivity contribution in [2.24, 2.45) is 0 Å². The van der Waals surface area contributed by atoms with Gasteiger partial charge in [-0.1, -0.05) is 38.8 Å². The first-order chi connectivity index (χ1) is 6.77. The molecule has 1 aromatic carbocycles. The molecule has 0 spiro atoms. The Morgan fingerprint density at radius 3 is 2.43 bits per heavy atom. The van der Waals surface area contributed by atoms with Crippen molar-refractivity contribution in [3.8, 4) is 0 Å². The summed E-state index contributed by atoms with van der Waals surface area (Å²) in [4.78, 5) is 6.96. The maximum absolute atomic E-state index is 5.42. The van der Waals surface area contributed by atoms with Crippen LogP contribution in [-0.4, -0.2) is 9.97 Å². The Labute approximate surface area is 84.3 Å². The minimum Gasteiger partial charge on any atom is -0.369 e. The highest BCUT2D eigenvalue weighted by molar-refractivity contribution is 5.76. The van der Waals surface area contributed by atoms with Crippen LogP contribution < -0.4 is 5.73 Å². The van der Waals surface area contributed by atoms with E-state index in [0.717, 1.165) is 11.0 Å². The van der Waals surface area contributed by atoms with Gasteiger partial charge in [-0.25, -0.2) is 4.98 Å². The van der Waals surface area contributed by atoms with Gasteiger partial charge in [-0.2, -0.15) is 0 Å². The van der Waals surface area contributed by atoms with Crippen LogP contribution in [0, 0.1) is 0 Å². The van der Waals surface area contributed by atoms with Gasteiger partial charge in [0.2, 0.25) is 0 Å². The molecule has 0 aliphatic heterocycles. The van der Waals surface area contributed by atoms with Gasteiger partial charge in [0.15, 0.2) is 5.95 Å². The van der Waals surface area contributed by atoms with Crippen LogP contribution in [-0.2, 0) is 0 Å². The Bertz CT molecular complexity index is 344. The van der Waals surface area contributed by atoms with E-state index >= 15 is 0 Å². The summed E-state index contributed by atoms with van der Waals surface area (Å²) >= 11 is 0. The van der Waals surface area contributed by atoms with Crippen LogP contribution in [0.2, 0.25) is 0 Å². The fraction of sp³-hybridized carbons (Fsp3) is 0.364. The number of nitrogen functional groups attached to an aromatic ring is 1. The summed E-state index contributed by atoms with van der Waals surface area (Å²) in [5.41, 5.74) is 7.33. The van der Waals surface area contributed by atoms with Crippen LogP contribution in [0.15, 0.2) is 24.3 Å².